The SMILES string of the molecule is CCCCCCC[n+]1ccc(CCCC)cc1CC(=O)[O-]. The predicted octanol–water partition coefficient (Wildman–Crippen LogP) is 2.58. The average molecular weight is 291 g/mol. The molecule has 0 saturated heterocycles. The summed E-state index contributed by atoms with van der Waals surface area (Å²) in [6.45, 7) is 5.28. The van der Waals surface area contributed by atoms with Crippen LogP contribution in [0.1, 0.15) is 70.1 Å². The number of carboxylic acid groups (broad SMARTS) is 1. The third kappa shape index (κ3) is 7.26. The first-order valence-corrected chi connectivity index (χ1v) is 8.38. The zero-order valence-corrected chi connectivity index (χ0v) is 13.6. The molecule has 0 saturated carbocycles. The van der Waals surface area contributed by atoms with E-state index in [-0.39, 0.29) is 6.42 Å². The van der Waals surface area contributed by atoms with Crippen molar-refractivity contribution in [3.8, 4) is 0 Å². The minimum absolute atomic E-state index is 0.00885. The number of aryl methyl sites for hydroxylation is 2. The lowest BCUT2D eigenvalue weighted by Crippen LogP contribution is -2.41. The first kappa shape index (κ1) is 17.7. The summed E-state index contributed by atoms with van der Waals surface area (Å²) in [6, 6.07) is 4.16. The number of aliphatic carboxylic acids is 1. The summed E-state index contributed by atoms with van der Waals surface area (Å²) >= 11 is 0. The molecule has 0 aliphatic carbocycles. The third-order valence-electron chi connectivity index (χ3n) is 3.84. The van der Waals surface area contributed by atoms with E-state index in [2.05, 4.69) is 24.5 Å². The van der Waals surface area contributed by atoms with Gasteiger partial charge in [-0.15, -0.1) is 0 Å². The highest BCUT2D eigenvalue weighted by Gasteiger charge is 2.12. The van der Waals surface area contributed by atoms with Gasteiger partial charge in [-0.2, -0.15) is 0 Å². The molecule has 0 unspecified atom stereocenters. The number of hydrogen-bond donors (Lipinski definition) is 0. The molecule has 0 amide bonds. The summed E-state index contributed by atoms with van der Waals surface area (Å²) in [5.41, 5.74) is 2.11. The first-order chi connectivity index (χ1) is 10.2. The molecule has 1 rings (SSSR count). The van der Waals surface area contributed by atoms with Gasteiger partial charge in [-0.1, -0.05) is 39.5 Å². The van der Waals surface area contributed by atoms with Crippen LogP contribution < -0.4 is 9.67 Å². The van der Waals surface area contributed by atoms with Crippen LogP contribution in [0.2, 0.25) is 0 Å². The van der Waals surface area contributed by atoms with Gasteiger partial charge in [0, 0.05) is 18.6 Å². The van der Waals surface area contributed by atoms with Crippen LogP contribution in [0, 0.1) is 0 Å². The number of aromatic nitrogens is 1. The Balaban J connectivity index is 2.64. The second kappa shape index (κ2) is 10.4. The van der Waals surface area contributed by atoms with E-state index in [4.69, 9.17) is 0 Å². The smallest absolute Gasteiger partial charge is 0.187 e. The first-order valence-electron chi connectivity index (χ1n) is 8.38. The molecule has 0 spiro atoms. The van der Waals surface area contributed by atoms with E-state index in [1.54, 1.807) is 0 Å². The molecule has 1 aromatic heterocycles. The Morgan fingerprint density at radius 3 is 2.48 bits per heavy atom. The largest absolute Gasteiger partial charge is 0.550 e. The number of nitrogens with zero attached hydrogens (tertiary/aromatic N) is 1. The predicted molar refractivity (Wildman–Crippen MR) is 82.7 cm³/mol. The number of pyridine rings is 1. The van der Waals surface area contributed by atoms with Crippen LogP contribution in [0.4, 0.5) is 0 Å². The Morgan fingerprint density at radius 2 is 1.81 bits per heavy atom. The molecular formula is C18H29NO2. The molecule has 0 atom stereocenters. The number of carbonyl (C=O) groups is 1. The maximum Gasteiger partial charge on any atom is 0.187 e. The number of carbonyl (C=O) groups excluding carboxylic acids is 1. The molecule has 0 N–H and O–H groups in total. The molecule has 1 heterocycles. The van der Waals surface area contributed by atoms with Gasteiger partial charge in [0.2, 0.25) is 0 Å². The second-order valence-corrected chi connectivity index (χ2v) is 5.79. The van der Waals surface area contributed by atoms with Crippen LogP contribution in [-0.2, 0) is 24.2 Å². The average Bonchev–Trinajstić information content (AvgIpc) is 2.46. The topological polar surface area (TPSA) is 44.0 Å². The van der Waals surface area contributed by atoms with Gasteiger partial charge in [-0.25, -0.2) is 4.57 Å². The lowest BCUT2D eigenvalue weighted by molar-refractivity contribution is -0.704. The number of rotatable bonds is 11. The summed E-state index contributed by atoms with van der Waals surface area (Å²) < 4.78 is 2.08. The summed E-state index contributed by atoms with van der Waals surface area (Å²) in [7, 11) is 0. The van der Waals surface area contributed by atoms with Crippen molar-refractivity contribution in [2.45, 2.75) is 78.2 Å². The quantitative estimate of drug-likeness (QED) is 0.464. The number of hydrogen-bond acceptors (Lipinski definition) is 2. The van der Waals surface area contributed by atoms with Crippen LogP contribution in [0.3, 0.4) is 0 Å². The molecule has 0 aliphatic heterocycles. The summed E-state index contributed by atoms with van der Waals surface area (Å²) in [5, 5.41) is 10.9. The van der Waals surface area contributed by atoms with Gasteiger partial charge >= 0.3 is 0 Å². The zero-order chi connectivity index (χ0) is 15.5. The molecule has 3 nitrogen and oxygen atoms in total. The zero-order valence-electron chi connectivity index (χ0n) is 13.6. The minimum atomic E-state index is -0.998. The van der Waals surface area contributed by atoms with Gasteiger partial charge in [0.1, 0.15) is 6.54 Å². The highest BCUT2D eigenvalue weighted by Crippen LogP contribution is 2.07. The highest BCUT2D eigenvalue weighted by molar-refractivity contribution is 5.66. The van der Waals surface area contributed by atoms with E-state index in [0.29, 0.717) is 0 Å². The fraction of sp³-hybridized carbons (Fsp3) is 0.667. The molecule has 0 fully saturated rings. The van der Waals surface area contributed by atoms with Crippen molar-refractivity contribution in [3.05, 3.63) is 29.6 Å². The van der Waals surface area contributed by atoms with Crippen LogP contribution in [0.25, 0.3) is 0 Å². The van der Waals surface area contributed by atoms with Crippen LogP contribution >= 0.6 is 0 Å². The Morgan fingerprint density at radius 1 is 1.10 bits per heavy atom. The maximum atomic E-state index is 10.9. The van der Waals surface area contributed by atoms with E-state index in [1.807, 2.05) is 12.3 Å². The summed E-state index contributed by atoms with van der Waals surface area (Å²) in [4.78, 5) is 10.9. The Kier molecular flexibility index (Phi) is 8.72. The van der Waals surface area contributed by atoms with Crippen molar-refractivity contribution in [1.29, 1.82) is 0 Å². The van der Waals surface area contributed by atoms with Gasteiger partial charge in [0.25, 0.3) is 0 Å². The van der Waals surface area contributed by atoms with E-state index < -0.39 is 5.97 Å². The standard InChI is InChI=1S/C18H29NO2/c1-3-5-7-8-9-12-19-13-11-16(10-6-4-2)14-17(19)15-18(20)21/h11,13-14H,3-10,12,15H2,1-2H3. The van der Waals surface area contributed by atoms with Crippen LogP contribution in [-0.4, -0.2) is 5.97 Å². The van der Waals surface area contributed by atoms with Crippen molar-refractivity contribution >= 4 is 5.97 Å². The Hall–Kier alpha value is -1.38. The molecule has 1 aromatic rings. The molecule has 0 bridgehead atoms. The minimum Gasteiger partial charge on any atom is -0.550 e. The lowest BCUT2D eigenvalue weighted by atomic mass is 10.1. The van der Waals surface area contributed by atoms with Gasteiger partial charge in [-0.3, -0.25) is 0 Å². The van der Waals surface area contributed by atoms with E-state index in [9.17, 15) is 9.90 Å². The number of unbranched alkanes of at least 4 members (excludes halogenated alkanes) is 5. The molecule has 3 heteroatoms. The van der Waals surface area contributed by atoms with Crippen molar-refractivity contribution in [1.82, 2.24) is 0 Å². The maximum absolute atomic E-state index is 10.9. The highest BCUT2D eigenvalue weighted by atomic mass is 16.4. The Labute approximate surface area is 129 Å². The molecule has 21 heavy (non-hydrogen) atoms. The Bertz CT molecular complexity index is 429. The third-order valence-corrected chi connectivity index (χ3v) is 3.84. The van der Waals surface area contributed by atoms with Crippen LogP contribution in [0.5, 0.6) is 0 Å². The van der Waals surface area contributed by atoms with Gasteiger partial charge in [0.15, 0.2) is 11.9 Å². The second-order valence-electron chi connectivity index (χ2n) is 5.79. The molecule has 0 aromatic carbocycles. The van der Waals surface area contributed by atoms with E-state index in [0.717, 1.165) is 37.9 Å². The van der Waals surface area contributed by atoms with Gasteiger partial charge < -0.3 is 9.90 Å². The van der Waals surface area contributed by atoms with Crippen molar-refractivity contribution < 1.29 is 14.5 Å². The molecule has 118 valence electrons. The normalized spacial score (nSPS) is 10.8. The monoisotopic (exact) mass is 291 g/mol. The number of carboxylic acids is 1. The fourth-order valence-corrected chi connectivity index (χ4v) is 2.57. The molecule has 0 aliphatic rings. The fourth-order valence-electron chi connectivity index (χ4n) is 2.57. The van der Waals surface area contributed by atoms with Crippen molar-refractivity contribution in [2.75, 3.05) is 0 Å². The molecule has 0 radical (unpaired) electrons. The molecular weight excluding hydrogens is 262 g/mol. The van der Waals surface area contributed by atoms with Crippen molar-refractivity contribution in [3.63, 3.8) is 0 Å². The van der Waals surface area contributed by atoms with E-state index >= 15 is 0 Å². The van der Waals surface area contributed by atoms with Crippen molar-refractivity contribution in [2.24, 2.45) is 0 Å². The summed E-state index contributed by atoms with van der Waals surface area (Å²) in [5.74, 6) is -0.998. The van der Waals surface area contributed by atoms with E-state index in [1.165, 1.54) is 31.2 Å². The van der Waals surface area contributed by atoms with Gasteiger partial charge in [-0.05, 0) is 24.8 Å². The van der Waals surface area contributed by atoms with Crippen LogP contribution in [0.15, 0.2) is 18.3 Å². The summed E-state index contributed by atoms with van der Waals surface area (Å²) in [6.07, 6.45) is 11.5. The lowest BCUT2D eigenvalue weighted by Gasteiger charge is -2.07. The van der Waals surface area contributed by atoms with Gasteiger partial charge in [0.05, 0.1) is 12.4 Å².